The predicted octanol–water partition coefficient (Wildman–Crippen LogP) is 1.10. The van der Waals surface area contributed by atoms with E-state index in [2.05, 4.69) is 4.74 Å². The van der Waals surface area contributed by atoms with Crippen LogP contribution in [0.5, 0.6) is 11.5 Å². The Labute approximate surface area is 90.4 Å². The number of carbonyl (C=O) groups is 1. The average molecular weight is 227 g/mol. The molecule has 16 heavy (non-hydrogen) atoms. The number of hydrogen-bond donors (Lipinski definition) is 1. The van der Waals surface area contributed by atoms with Crippen molar-refractivity contribution in [3.8, 4) is 11.5 Å². The van der Waals surface area contributed by atoms with Crippen LogP contribution in [0.3, 0.4) is 0 Å². The fourth-order valence-electron chi connectivity index (χ4n) is 1.17. The highest BCUT2D eigenvalue weighted by atomic mass is 16.6. The second kappa shape index (κ2) is 4.47. The highest BCUT2D eigenvalue weighted by molar-refractivity contribution is 5.95. The largest absolute Gasteiger partial charge is 0.502 e. The number of methoxy groups -OCH3 is 2. The first kappa shape index (κ1) is 11.8. The number of benzene rings is 1. The van der Waals surface area contributed by atoms with E-state index < -0.39 is 22.3 Å². The molecule has 0 saturated heterocycles. The first-order chi connectivity index (χ1) is 7.51. The Morgan fingerprint density at radius 2 is 2.06 bits per heavy atom. The van der Waals surface area contributed by atoms with E-state index in [1.54, 1.807) is 0 Å². The topological polar surface area (TPSA) is 98.9 Å². The van der Waals surface area contributed by atoms with E-state index in [9.17, 15) is 20.0 Å². The number of carbonyl (C=O) groups excluding carboxylic acids is 1. The second-order valence-corrected chi connectivity index (χ2v) is 2.79. The summed E-state index contributed by atoms with van der Waals surface area (Å²) in [6.45, 7) is 0. The minimum Gasteiger partial charge on any atom is -0.502 e. The van der Waals surface area contributed by atoms with Crippen molar-refractivity contribution in [2.24, 2.45) is 0 Å². The van der Waals surface area contributed by atoms with Crippen molar-refractivity contribution >= 4 is 11.7 Å². The molecule has 0 aliphatic carbocycles. The maximum atomic E-state index is 11.3. The van der Waals surface area contributed by atoms with E-state index in [1.165, 1.54) is 7.11 Å². The molecule has 0 radical (unpaired) electrons. The summed E-state index contributed by atoms with van der Waals surface area (Å²) in [5.74, 6) is -1.44. The molecular weight excluding hydrogens is 218 g/mol. The quantitative estimate of drug-likeness (QED) is 0.471. The molecule has 1 aromatic carbocycles. The zero-order valence-electron chi connectivity index (χ0n) is 8.59. The lowest BCUT2D eigenvalue weighted by Gasteiger charge is -2.05. The van der Waals surface area contributed by atoms with Crippen LogP contribution in [0.25, 0.3) is 0 Å². The summed E-state index contributed by atoms with van der Waals surface area (Å²) in [6, 6.07) is 2.17. The fraction of sp³-hybridized carbons (Fsp3) is 0.222. The molecule has 7 nitrogen and oxygen atoms in total. The minimum absolute atomic E-state index is 0.128. The van der Waals surface area contributed by atoms with Gasteiger partial charge in [-0.3, -0.25) is 10.1 Å². The normalized spacial score (nSPS) is 9.62. The van der Waals surface area contributed by atoms with Crippen LogP contribution >= 0.6 is 0 Å². The molecule has 0 atom stereocenters. The maximum Gasteiger partial charge on any atom is 0.345 e. The van der Waals surface area contributed by atoms with Gasteiger partial charge in [0.05, 0.1) is 19.1 Å². The molecule has 0 saturated carbocycles. The Kier molecular flexibility index (Phi) is 3.29. The van der Waals surface area contributed by atoms with E-state index >= 15 is 0 Å². The van der Waals surface area contributed by atoms with Gasteiger partial charge in [-0.2, -0.15) is 0 Å². The zero-order valence-corrected chi connectivity index (χ0v) is 8.59. The van der Waals surface area contributed by atoms with Gasteiger partial charge in [-0.25, -0.2) is 4.79 Å². The molecule has 0 unspecified atom stereocenters. The van der Waals surface area contributed by atoms with Crippen LogP contribution in [0.4, 0.5) is 5.69 Å². The van der Waals surface area contributed by atoms with Gasteiger partial charge in [-0.15, -0.1) is 0 Å². The maximum absolute atomic E-state index is 11.3. The number of nitro benzene ring substituents is 1. The molecule has 0 amide bonds. The average Bonchev–Trinajstić information content (AvgIpc) is 2.26. The number of rotatable bonds is 3. The van der Waals surface area contributed by atoms with Crippen molar-refractivity contribution in [2.45, 2.75) is 0 Å². The lowest BCUT2D eigenvalue weighted by atomic mass is 10.1. The van der Waals surface area contributed by atoms with E-state index in [-0.39, 0.29) is 11.3 Å². The predicted molar refractivity (Wildman–Crippen MR) is 52.7 cm³/mol. The molecule has 7 heteroatoms. The van der Waals surface area contributed by atoms with Crippen LogP contribution in [-0.4, -0.2) is 30.2 Å². The third kappa shape index (κ3) is 2.02. The number of esters is 1. The van der Waals surface area contributed by atoms with Gasteiger partial charge in [-0.05, 0) is 0 Å². The summed E-state index contributed by atoms with van der Waals surface area (Å²) in [7, 11) is 2.39. The molecular formula is C9H9NO6. The van der Waals surface area contributed by atoms with Crippen molar-refractivity contribution in [1.29, 1.82) is 0 Å². The molecule has 1 N–H and O–H groups in total. The Balaban J connectivity index is 3.46. The SMILES string of the molecule is COC(=O)c1cc(OC)cc(O)c1[N+](=O)[O-]. The highest BCUT2D eigenvalue weighted by Crippen LogP contribution is 2.34. The second-order valence-electron chi connectivity index (χ2n) is 2.79. The van der Waals surface area contributed by atoms with Crippen molar-refractivity contribution in [1.82, 2.24) is 0 Å². The fourth-order valence-corrected chi connectivity index (χ4v) is 1.17. The van der Waals surface area contributed by atoms with Crippen LogP contribution in [0.2, 0.25) is 0 Å². The van der Waals surface area contributed by atoms with Gasteiger partial charge in [0.2, 0.25) is 0 Å². The van der Waals surface area contributed by atoms with Crippen LogP contribution in [-0.2, 0) is 4.74 Å². The first-order valence-electron chi connectivity index (χ1n) is 4.15. The van der Waals surface area contributed by atoms with Gasteiger partial charge in [0, 0.05) is 12.1 Å². The molecule has 0 aliphatic rings. The lowest BCUT2D eigenvalue weighted by molar-refractivity contribution is -0.386. The zero-order chi connectivity index (χ0) is 12.3. The Hall–Kier alpha value is -2.31. The molecule has 86 valence electrons. The summed E-state index contributed by atoms with van der Waals surface area (Å²) < 4.78 is 9.15. The molecule has 0 heterocycles. The van der Waals surface area contributed by atoms with E-state index in [0.717, 1.165) is 19.2 Å². The van der Waals surface area contributed by atoms with Crippen molar-refractivity contribution in [3.63, 3.8) is 0 Å². The van der Waals surface area contributed by atoms with Gasteiger partial charge >= 0.3 is 11.7 Å². The lowest BCUT2D eigenvalue weighted by Crippen LogP contribution is -2.06. The third-order valence-electron chi connectivity index (χ3n) is 1.89. The Morgan fingerprint density at radius 1 is 1.44 bits per heavy atom. The standard InChI is InChI=1S/C9H9NO6/c1-15-5-3-6(9(12)16-2)8(10(13)14)7(11)4-5/h3-4,11H,1-2H3. The molecule has 1 aromatic rings. The summed E-state index contributed by atoms with van der Waals surface area (Å²) >= 11 is 0. The summed E-state index contributed by atoms with van der Waals surface area (Å²) in [4.78, 5) is 21.1. The first-order valence-corrected chi connectivity index (χ1v) is 4.15. The van der Waals surface area contributed by atoms with Gasteiger partial charge in [0.25, 0.3) is 0 Å². The van der Waals surface area contributed by atoms with Crippen molar-refractivity contribution in [3.05, 3.63) is 27.8 Å². The van der Waals surface area contributed by atoms with Gasteiger partial charge < -0.3 is 14.6 Å². The Bertz CT molecular complexity index is 442. The van der Waals surface area contributed by atoms with Gasteiger partial charge in [-0.1, -0.05) is 0 Å². The smallest absolute Gasteiger partial charge is 0.345 e. The number of phenols is 1. The third-order valence-corrected chi connectivity index (χ3v) is 1.89. The van der Waals surface area contributed by atoms with Crippen LogP contribution in [0.1, 0.15) is 10.4 Å². The number of phenolic OH excluding ortho intramolecular Hbond substituents is 1. The number of aromatic hydroxyl groups is 1. The Morgan fingerprint density at radius 3 is 2.50 bits per heavy atom. The molecule has 0 aromatic heterocycles. The molecule has 1 rings (SSSR count). The van der Waals surface area contributed by atoms with Crippen molar-refractivity contribution < 1.29 is 24.3 Å². The molecule has 0 aliphatic heterocycles. The van der Waals surface area contributed by atoms with Crippen LogP contribution < -0.4 is 4.74 Å². The van der Waals surface area contributed by atoms with E-state index in [4.69, 9.17) is 4.74 Å². The minimum atomic E-state index is -0.916. The van der Waals surface area contributed by atoms with E-state index in [0.29, 0.717) is 0 Å². The highest BCUT2D eigenvalue weighted by Gasteiger charge is 2.26. The molecule has 0 spiro atoms. The van der Waals surface area contributed by atoms with Crippen LogP contribution in [0, 0.1) is 10.1 Å². The monoisotopic (exact) mass is 227 g/mol. The summed E-state index contributed by atoms with van der Waals surface area (Å²) in [5, 5.41) is 20.0. The summed E-state index contributed by atoms with van der Waals surface area (Å²) in [5.41, 5.74) is -1.06. The van der Waals surface area contributed by atoms with Gasteiger partial charge in [0.1, 0.15) is 11.3 Å². The number of nitro groups is 1. The van der Waals surface area contributed by atoms with Crippen LogP contribution in [0.15, 0.2) is 12.1 Å². The molecule has 0 bridgehead atoms. The van der Waals surface area contributed by atoms with E-state index in [1.807, 2.05) is 0 Å². The number of ether oxygens (including phenoxy) is 2. The number of nitrogens with zero attached hydrogens (tertiary/aromatic N) is 1. The van der Waals surface area contributed by atoms with Crippen molar-refractivity contribution in [2.75, 3.05) is 14.2 Å². The van der Waals surface area contributed by atoms with Gasteiger partial charge in [0.15, 0.2) is 5.75 Å². The molecule has 0 fully saturated rings. The summed E-state index contributed by atoms with van der Waals surface area (Å²) in [6.07, 6.45) is 0. The number of hydrogen-bond acceptors (Lipinski definition) is 6.